The lowest BCUT2D eigenvalue weighted by atomic mass is 9.96. The monoisotopic (exact) mass is 434 g/mol. The van der Waals surface area contributed by atoms with Gasteiger partial charge in [0.2, 0.25) is 0 Å². The number of aromatic nitrogens is 2. The molecule has 160 valence electrons. The number of nitrogens with zero attached hydrogens (tertiary/aromatic N) is 3. The van der Waals surface area contributed by atoms with Gasteiger partial charge in [-0.1, -0.05) is 13.0 Å². The summed E-state index contributed by atoms with van der Waals surface area (Å²) in [5.41, 5.74) is 5.57. The van der Waals surface area contributed by atoms with Crippen LogP contribution in [0.15, 0.2) is 54.7 Å². The molecule has 1 aliphatic heterocycles. The first-order valence-electron chi connectivity index (χ1n) is 10.4. The lowest BCUT2D eigenvalue weighted by Crippen LogP contribution is -2.30. The lowest BCUT2D eigenvalue weighted by Gasteiger charge is -2.27. The number of thiocarbonyl (C=S) groups is 1. The minimum atomic E-state index is -0.924. The SMILES string of the molecule is CCCN1C(=S)N[C@@H](c2ccccn2)[C@H]1c1cc(C)n(-c2ccc(C(=O)O)cc2)c1C. The van der Waals surface area contributed by atoms with Crippen LogP contribution in [0.4, 0.5) is 0 Å². The number of carboxylic acids is 1. The fraction of sp³-hybridized carbons (Fsp3) is 0.292. The van der Waals surface area contributed by atoms with E-state index in [1.807, 2.05) is 36.5 Å². The molecular weight excluding hydrogens is 408 g/mol. The highest BCUT2D eigenvalue weighted by molar-refractivity contribution is 7.80. The van der Waals surface area contributed by atoms with Crippen LogP contribution in [0.2, 0.25) is 0 Å². The van der Waals surface area contributed by atoms with Crippen LogP contribution in [0.3, 0.4) is 0 Å². The van der Waals surface area contributed by atoms with Crippen LogP contribution in [0.1, 0.15) is 58.4 Å². The Bertz CT molecular complexity index is 1110. The summed E-state index contributed by atoms with van der Waals surface area (Å²) < 4.78 is 2.17. The average Bonchev–Trinajstić information content (AvgIpc) is 3.24. The third-order valence-corrected chi connectivity index (χ3v) is 6.18. The normalized spacial score (nSPS) is 18.3. The lowest BCUT2D eigenvalue weighted by molar-refractivity contribution is 0.0697. The first kappa shape index (κ1) is 21.1. The molecule has 0 amide bonds. The third kappa shape index (κ3) is 3.81. The largest absolute Gasteiger partial charge is 0.478 e. The standard InChI is InChI=1S/C24H26N4O2S/c1-4-13-27-22(21(26-24(27)31)20-7-5-6-12-25-20)19-14-15(2)28(16(19)3)18-10-8-17(9-11-18)23(29)30/h5-12,14,21-22H,4,13H2,1-3H3,(H,26,31)(H,29,30)/t21-,22+/m0/s1. The summed E-state index contributed by atoms with van der Waals surface area (Å²) in [6.45, 7) is 7.19. The Balaban J connectivity index is 1.80. The second kappa shape index (κ2) is 8.51. The van der Waals surface area contributed by atoms with Gasteiger partial charge in [0.05, 0.1) is 23.3 Å². The molecule has 1 aromatic carbocycles. The van der Waals surface area contributed by atoms with E-state index >= 15 is 0 Å². The van der Waals surface area contributed by atoms with Gasteiger partial charge in [0, 0.05) is 29.8 Å². The van der Waals surface area contributed by atoms with Gasteiger partial charge in [-0.25, -0.2) is 4.79 Å². The number of rotatable bonds is 6. The van der Waals surface area contributed by atoms with Crippen LogP contribution in [-0.2, 0) is 0 Å². The fourth-order valence-electron chi connectivity index (χ4n) is 4.46. The first-order chi connectivity index (χ1) is 14.9. The maximum absolute atomic E-state index is 11.2. The summed E-state index contributed by atoms with van der Waals surface area (Å²) in [4.78, 5) is 18.1. The van der Waals surface area contributed by atoms with Gasteiger partial charge in [-0.05, 0) is 80.5 Å². The number of hydrogen-bond donors (Lipinski definition) is 2. The van der Waals surface area contributed by atoms with Gasteiger partial charge in [-0.2, -0.15) is 0 Å². The quantitative estimate of drug-likeness (QED) is 0.554. The second-order valence-corrected chi connectivity index (χ2v) is 8.22. The molecule has 2 N–H and O–H groups in total. The van der Waals surface area contributed by atoms with E-state index in [9.17, 15) is 9.90 Å². The van der Waals surface area contributed by atoms with Crippen molar-refractivity contribution in [3.63, 3.8) is 0 Å². The van der Waals surface area contributed by atoms with E-state index < -0.39 is 5.97 Å². The number of carbonyl (C=O) groups is 1. The molecule has 0 bridgehead atoms. The molecule has 1 fully saturated rings. The Labute approximate surface area is 187 Å². The molecule has 3 heterocycles. The number of aryl methyl sites for hydroxylation is 1. The predicted molar refractivity (Wildman–Crippen MR) is 125 cm³/mol. The molecule has 0 aliphatic carbocycles. The zero-order valence-corrected chi connectivity index (χ0v) is 18.7. The Morgan fingerprint density at radius 3 is 2.55 bits per heavy atom. The van der Waals surface area contributed by atoms with Crippen molar-refractivity contribution in [1.82, 2.24) is 19.8 Å². The van der Waals surface area contributed by atoms with Crippen molar-refractivity contribution >= 4 is 23.3 Å². The van der Waals surface area contributed by atoms with Crippen molar-refractivity contribution in [3.05, 3.63) is 82.9 Å². The van der Waals surface area contributed by atoms with Crippen LogP contribution in [0.25, 0.3) is 5.69 Å². The first-order valence-corrected chi connectivity index (χ1v) is 10.8. The Kier molecular flexibility index (Phi) is 5.78. The molecule has 3 aromatic rings. The molecule has 4 rings (SSSR count). The molecule has 0 spiro atoms. The number of pyridine rings is 1. The van der Waals surface area contributed by atoms with Crippen molar-refractivity contribution in [2.24, 2.45) is 0 Å². The minimum absolute atomic E-state index is 0.0283. The molecule has 1 saturated heterocycles. The van der Waals surface area contributed by atoms with Crippen molar-refractivity contribution < 1.29 is 9.90 Å². The number of hydrogen-bond acceptors (Lipinski definition) is 3. The highest BCUT2D eigenvalue weighted by Crippen LogP contribution is 2.41. The number of aromatic carboxylic acids is 1. The molecule has 2 aromatic heterocycles. The van der Waals surface area contributed by atoms with Gasteiger partial charge in [0.1, 0.15) is 0 Å². The summed E-state index contributed by atoms with van der Waals surface area (Å²) in [6.07, 6.45) is 2.80. The van der Waals surface area contributed by atoms with Crippen LogP contribution in [0, 0.1) is 13.8 Å². The van der Waals surface area contributed by atoms with E-state index in [4.69, 9.17) is 12.2 Å². The van der Waals surface area contributed by atoms with E-state index in [0.29, 0.717) is 0 Å². The van der Waals surface area contributed by atoms with Gasteiger partial charge in [0.15, 0.2) is 5.11 Å². The van der Waals surface area contributed by atoms with E-state index in [2.05, 4.69) is 46.6 Å². The predicted octanol–water partition coefficient (Wildman–Crippen LogP) is 4.57. The fourth-order valence-corrected chi connectivity index (χ4v) is 4.79. The highest BCUT2D eigenvalue weighted by atomic mass is 32.1. The Hall–Kier alpha value is -3.19. The van der Waals surface area contributed by atoms with Gasteiger partial charge < -0.3 is 19.9 Å². The van der Waals surface area contributed by atoms with Gasteiger partial charge in [0.25, 0.3) is 0 Å². The van der Waals surface area contributed by atoms with E-state index in [1.54, 1.807) is 12.1 Å². The number of carboxylic acid groups (broad SMARTS) is 1. The van der Waals surface area contributed by atoms with Gasteiger partial charge in [-0.3, -0.25) is 4.98 Å². The molecule has 6 nitrogen and oxygen atoms in total. The summed E-state index contributed by atoms with van der Waals surface area (Å²) >= 11 is 5.70. The van der Waals surface area contributed by atoms with Crippen molar-refractivity contribution in [3.8, 4) is 5.69 Å². The smallest absolute Gasteiger partial charge is 0.335 e. The highest BCUT2D eigenvalue weighted by Gasteiger charge is 2.40. The molecule has 31 heavy (non-hydrogen) atoms. The second-order valence-electron chi connectivity index (χ2n) is 7.83. The number of nitrogens with one attached hydrogen (secondary N) is 1. The van der Waals surface area contributed by atoms with Crippen LogP contribution in [0.5, 0.6) is 0 Å². The Morgan fingerprint density at radius 2 is 1.94 bits per heavy atom. The molecule has 0 radical (unpaired) electrons. The molecule has 2 atom stereocenters. The van der Waals surface area contributed by atoms with Gasteiger partial charge >= 0.3 is 5.97 Å². The summed E-state index contributed by atoms with van der Waals surface area (Å²) in [5.74, 6) is -0.924. The van der Waals surface area contributed by atoms with Crippen LogP contribution < -0.4 is 5.32 Å². The number of benzene rings is 1. The maximum Gasteiger partial charge on any atom is 0.335 e. The topological polar surface area (TPSA) is 70.4 Å². The van der Waals surface area contributed by atoms with Crippen molar-refractivity contribution in [1.29, 1.82) is 0 Å². The van der Waals surface area contributed by atoms with E-state index in [-0.39, 0.29) is 17.6 Å². The Morgan fingerprint density at radius 1 is 1.19 bits per heavy atom. The average molecular weight is 435 g/mol. The summed E-state index contributed by atoms with van der Waals surface area (Å²) in [5, 5.41) is 13.4. The molecule has 7 heteroatoms. The van der Waals surface area contributed by atoms with Crippen molar-refractivity contribution in [2.75, 3.05) is 6.54 Å². The summed E-state index contributed by atoms with van der Waals surface area (Å²) in [6, 6.07) is 15.1. The molecular formula is C24H26N4O2S. The third-order valence-electron chi connectivity index (χ3n) is 5.82. The van der Waals surface area contributed by atoms with Gasteiger partial charge in [-0.15, -0.1) is 0 Å². The molecule has 0 saturated carbocycles. The zero-order chi connectivity index (χ0) is 22.1. The van der Waals surface area contributed by atoms with E-state index in [1.165, 1.54) is 5.56 Å². The molecule has 1 aliphatic rings. The van der Waals surface area contributed by atoms with Crippen LogP contribution in [-0.4, -0.2) is 37.2 Å². The molecule has 0 unspecified atom stereocenters. The van der Waals surface area contributed by atoms with Crippen LogP contribution >= 0.6 is 12.2 Å². The summed E-state index contributed by atoms with van der Waals surface area (Å²) in [7, 11) is 0. The van der Waals surface area contributed by atoms with E-state index in [0.717, 1.165) is 40.8 Å². The van der Waals surface area contributed by atoms with Crippen molar-refractivity contribution in [2.45, 2.75) is 39.3 Å². The zero-order valence-electron chi connectivity index (χ0n) is 17.9. The minimum Gasteiger partial charge on any atom is -0.478 e. The maximum atomic E-state index is 11.2.